The van der Waals surface area contributed by atoms with Crippen LogP contribution in [0.1, 0.15) is 21.0 Å². The summed E-state index contributed by atoms with van der Waals surface area (Å²) in [6, 6.07) is 3.80. The molecule has 1 aliphatic rings. The topological polar surface area (TPSA) is 143 Å². The van der Waals surface area contributed by atoms with Crippen molar-refractivity contribution in [1.82, 2.24) is 20.5 Å². The van der Waals surface area contributed by atoms with Gasteiger partial charge in [0.05, 0.1) is 11.6 Å². The molecule has 3 rings (SSSR count). The van der Waals surface area contributed by atoms with Gasteiger partial charge >= 0.3 is 0 Å². The third kappa shape index (κ3) is 4.22. The Morgan fingerprint density at radius 2 is 2.11 bits per heavy atom. The van der Waals surface area contributed by atoms with Crippen LogP contribution >= 0.6 is 0 Å². The molecule has 0 aromatic carbocycles. The van der Waals surface area contributed by atoms with E-state index in [0.29, 0.717) is 0 Å². The molecule has 1 fully saturated rings. The minimum atomic E-state index is -3.72. The van der Waals surface area contributed by atoms with E-state index in [1.54, 1.807) is 5.32 Å². The SMILES string of the molecule is [2H]C([2H])([2H])NC(=O)c1nnc(NC(=O)[C@@H]2C[C@H]2F)cc1Nc1ncccc1S(C)(=O)=O. The van der Waals surface area contributed by atoms with E-state index in [1.807, 2.05) is 0 Å². The number of halogens is 1. The molecule has 2 heterocycles. The van der Waals surface area contributed by atoms with E-state index in [1.165, 1.54) is 18.3 Å². The van der Waals surface area contributed by atoms with E-state index in [2.05, 4.69) is 25.8 Å². The monoisotopic (exact) mass is 411 g/mol. The van der Waals surface area contributed by atoms with Crippen LogP contribution in [0.25, 0.3) is 0 Å². The molecule has 1 aliphatic carbocycles. The fourth-order valence-electron chi connectivity index (χ4n) is 2.34. The number of pyridine rings is 1. The van der Waals surface area contributed by atoms with Crippen LogP contribution in [0, 0.1) is 5.92 Å². The van der Waals surface area contributed by atoms with Crippen LogP contribution in [0.4, 0.5) is 21.7 Å². The van der Waals surface area contributed by atoms with Gasteiger partial charge in [-0.25, -0.2) is 17.8 Å². The predicted octanol–water partition coefficient (Wildman–Crippen LogP) is 0.675. The zero-order valence-electron chi connectivity index (χ0n) is 17.4. The molecular weight excluding hydrogens is 391 g/mol. The number of nitrogens with one attached hydrogen (secondary N) is 3. The second kappa shape index (κ2) is 7.46. The van der Waals surface area contributed by atoms with E-state index in [9.17, 15) is 22.4 Å². The van der Waals surface area contributed by atoms with Crippen molar-refractivity contribution in [2.24, 2.45) is 5.92 Å². The van der Waals surface area contributed by atoms with Crippen molar-refractivity contribution in [1.29, 1.82) is 0 Å². The second-order valence-electron chi connectivity index (χ2n) is 6.04. The van der Waals surface area contributed by atoms with Crippen molar-refractivity contribution >= 4 is 39.0 Å². The maximum atomic E-state index is 13.1. The average Bonchev–Trinajstić information content (AvgIpc) is 3.37. The fraction of sp³-hybridized carbons (Fsp3) is 0.312. The highest BCUT2D eigenvalue weighted by Gasteiger charge is 2.43. The van der Waals surface area contributed by atoms with Crippen molar-refractivity contribution in [3.05, 3.63) is 30.1 Å². The van der Waals surface area contributed by atoms with Gasteiger partial charge < -0.3 is 16.0 Å². The van der Waals surface area contributed by atoms with Gasteiger partial charge in [0.25, 0.3) is 5.91 Å². The van der Waals surface area contributed by atoms with E-state index in [-0.39, 0.29) is 28.6 Å². The highest BCUT2D eigenvalue weighted by atomic mass is 32.2. The fourth-order valence-corrected chi connectivity index (χ4v) is 3.12. The standard InChI is InChI=1S/C16H17FN6O4S/c1-18-16(25)13-10(20-14-11(28(2,26)27)4-3-5-19-14)7-12(22-23-13)21-15(24)8-6-9(8)17/h3-5,7-9H,6H2,1-2H3,(H,18,25)(H2,19,20,21,22,24)/t8-,9-/m1/s1/i1D3. The normalized spacial score (nSPS) is 20.3. The van der Waals surface area contributed by atoms with Gasteiger partial charge in [0, 0.05) is 29.6 Å². The number of alkyl halides is 1. The number of amides is 2. The lowest BCUT2D eigenvalue weighted by Gasteiger charge is -2.13. The van der Waals surface area contributed by atoms with Gasteiger partial charge in [-0.3, -0.25) is 9.59 Å². The van der Waals surface area contributed by atoms with Crippen molar-refractivity contribution in [2.75, 3.05) is 23.9 Å². The van der Waals surface area contributed by atoms with Crippen LogP contribution in [0.5, 0.6) is 0 Å². The number of hydrogen-bond donors (Lipinski definition) is 3. The molecule has 2 aromatic heterocycles. The first kappa shape index (κ1) is 15.9. The van der Waals surface area contributed by atoms with Gasteiger partial charge in [0.15, 0.2) is 21.3 Å². The van der Waals surface area contributed by atoms with Crippen LogP contribution in [-0.4, -0.2) is 54.8 Å². The Morgan fingerprint density at radius 1 is 1.36 bits per heavy atom. The van der Waals surface area contributed by atoms with Crippen LogP contribution in [0.2, 0.25) is 0 Å². The van der Waals surface area contributed by atoms with E-state index < -0.39 is 46.4 Å². The Bertz CT molecular complexity index is 1140. The molecule has 12 heteroatoms. The molecule has 0 radical (unpaired) electrons. The lowest BCUT2D eigenvalue weighted by Crippen LogP contribution is -2.23. The summed E-state index contributed by atoms with van der Waals surface area (Å²) in [5, 5.41) is 14.0. The number of nitrogens with zero attached hydrogens (tertiary/aromatic N) is 3. The van der Waals surface area contributed by atoms with Gasteiger partial charge in [0.2, 0.25) is 5.91 Å². The van der Waals surface area contributed by atoms with E-state index in [0.717, 1.165) is 12.3 Å². The number of rotatable bonds is 6. The molecule has 2 aromatic rings. The van der Waals surface area contributed by atoms with Gasteiger partial charge in [-0.1, -0.05) is 0 Å². The largest absolute Gasteiger partial charge is 0.354 e. The smallest absolute Gasteiger partial charge is 0.273 e. The first-order chi connectivity index (χ1) is 14.3. The number of carbonyl (C=O) groups excluding carboxylic acids is 2. The zero-order chi connectivity index (χ0) is 23.0. The van der Waals surface area contributed by atoms with Crippen LogP contribution < -0.4 is 16.0 Å². The molecule has 0 spiro atoms. The van der Waals surface area contributed by atoms with Crippen molar-refractivity contribution < 1.29 is 26.5 Å². The molecule has 10 nitrogen and oxygen atoms in total. The predicted molar refractivity (Wildman–Crippen MR) is 97.7 cm³/mol. The number of aromatic nitrogens is 3. The van der Waals surface area contributed by atoms with E-state index in [4.69, 9.17) is 4.11 Å². The minimum Gasteiger partial charge on any atom is -0.354 e. The zero-order valence-corrected chi connectivity index (χ0v) is 15.2. The summed E-state index contributed by atoms with van der Waals surface area (Å²) in [7, 11) is -3.72. The first-order valence-electron chi connectivity index (χ1n) is 9.42. The third-order valence-electron chi connectivity index (χ3n) is 3.85. The van der Waals surface area contributed by atoms with Crippen LogP contribution in [-0.2, 0) is 14.6 Å². The number of anilines is 3. The van der Waals surface area contributed by atoms with Gasteiger partial charge in [-0.15, -0.1) is 10.2 Å². The molecule has 3 N–H and O–H groups in total. The quantitative estimate of drug-likeness (QED) is 0.629. The summed E-state index contributed by atoms with van der Waals surface area (Å²) in [4.78, 5) is 28.1. The van der Waals surface area contributed by atoms with Crippen molar-refractivity contribution in [2.45, 2.75) is 17.5 Å². The first-order valence-corrected chi connectivity index (χ1v) is 9.81. The summed E-state index contributed by atoms with van der Waals surface area (Å²) in [6.07, 6.45) is 1.08. The Balaban J connectivity index is 1.99. The number of carbonyl (C=O) groups is 2. The molecule has 148 valence electrons. The molecular formula is C16H17FN6O4S. The molecule has 0 saturated heterocycles. The third-order valence-corrected chi connectivity index (χ3v) is 4.97. The Labute approximate surface area is 164 Å². The summed E-state index contributed by atoms with van der Waals surface area (Å²) < 4.78 is 58.7. The molecule has 28 heavy (non-hydrogen) atoms. The molecule has 0 bridgehead atoms. The maximum absolute atomic E-state index is 13.1. The lowest BCUT2D eigenvalue weighted by atomic mass is 10.2. The van der Waals surface area contributed by atoms with Crippen LogP contribution in [0.15, 0.2) is 29.3 Å². The Morgan fingerprint density at radius 3 is 2.75 bits per heavy atom. The highest BCUT2D eigenvalue weighted by molar-refractivity contribution is 7.90. The number of hydrogen-bond acceptors (Lipinski definition) is 8. The second-order valence-corrected chi connectivity index (χ2v) is 8.02. The Hall–Kier alpha value is -3.15. The van der Waals surface area contributed by atoms with Crippen molar-refractivity contribution in [3.8, 4) is 0 Å². The molecule has 1 saturated carbocycles. The van der Waals surface area contributed by atoms with Gasteiger partial charge in [0.1, 0.15) is 16.9 Å². The van der Waals surface area contributed by atoms with Crippen molar-refractivity contribution in [3.63, 3.8) is 0 Å². The average molecular weight is 411 g/mol. The maximum Gasteiger partial charge on any atom is 0.273 e. The molecule has 0 unspecified atom stereocenters. The molecule has 2 atom stereocenters. The minimum absolute atomic E-state index is 0.0785. The Kier molecular flexibility index (Phi) is 4.23. The van der Waals surface area contributed by atoms with E-state index >= 15 is 0 Å². The summed E-state index contributed by atoms with van der Waals surface area (Å²) >= 11 is 0. The lowest BCUT2D eigenvalue weighted by molar-refractivity contribution is -0.117. The van der Waals surface area contributed by atoms with Gasteiger partial charge in [-0.05, 0) is 18.6 Å². The summed E-state index contributed by atoms with van der Waals surface area (Å²) in [6.45, 7) is -2.83. The highest BCUT2D eigenvalue weighted by Crippen LogP contribution is 2.34. The summed E-state index contributed by atoms with van der Waals surface area (Å²) in [5.41, 5.74) is -0.669. The molecule has 0 aliphatic heterocycles. The molecule has 2 amide bonds. The van der Waals surface area contributed by atoms with Crippen LogP contribution in [0.3, 0.4) is 0 Å². The van der Waals surface area contributed by atoms with Gasteiger partial charge in [-0.2, -0.15) is 0 Å². The summed E-state index contributed by atoms with van der Waals surface area (Å²) in [5.74, 6) is -2.90. The number of sulfone groups is 1.